The largest absolute Gasteiger partial charge is 0.497 e. The lowest BCUT2D eigenvalue weighted by Crippen LogP contribution is -2.16. The molecule has 0 radical (unpaired) electrons. The molecule has 43 heavy (non-hydrogen) atoms. The Labute approximate surface area is 246 Å². The highest BCUT2D eigenvalue weighted by Crippen LogP contribution is 2.49. The van der Waals surface area contributed by atoms with Crippen LogP contribution in [0, 0.1) is 6.92 Å². The zero-order chi connectivity index (χ0) is 28.9. The van der Waals surface area contributed by atoms with Crippen molar-refractivity contribution in [3.05, 3.63) is 132 Å². The van der Waals surface area contributed by atoms with Crippen LogP contribution in [-0.2, 0) is 6.61 Å². The van der Waals surface area contributed by atoms with E-state index in [0.717, 1.165) is 50.3 Å². The minimum absolute atomic E-state index is 0.203. The molecule has 0 N–H and O–H groups in total. The van der Waals surface area contributed by atoms with Gasteiger partial charge in [-0.2, -0.15) is 5.10 Å². The first-order valence-electron chi connectivity index (χ1n) is 14.0. The molecule has 0 fully saturated rings. The average Bonchev–Trinajstić information content (AvgIpc) is 3.63. The van der Waals surface area contributed by atoms with Crippen LogP contribution in [0.5, 0.6) is 23.3 Å². The maximum absolute atomic E-state index is 6.53. The SMILES string of the molecule is COc1ccc([C@H]2c3c(C)nn(-c4ccccc4)c3Oc3ncn4nc(COc5cccc6ccccc56)nc4c32)cc1. The molecule has 0 saturated heterocycles. The lowest BCUT2D eigenvalue weighted by Gasteiger charge is -2.26. The second kappa shape index (κ2) is 9.99. The summed E-state index contributed by atoms with van der Waals surface area (Å²) in [7, 11) is 1.66. The second-order valence-corrected chi connectivity index (χ2v) is 10.4. The van der Waals surface area contributed by atoms with Crippen molar-refractivity contribution < 1.29 is 14.2 Å². The summed E-state index contributed by atoms with van der Waals surface area (Å²) in [6.07, 6.45) is 1.63. The fraction of sp³-hybridized carbons (Fsp3) is 0.118. The molecule has 1 aliphatic heterocycles. The second-order valence-electron chi connectivity index (χ2n) is 10.4. The van der Waals surface area contributed by atoms with Crippen LogP contribution in [-0.4, -0.2) is 36.5 Å². The standard InChI is InChI=1S/C34H26N6O3/c1-21-29-30(23-15-17-25(41-2)18-16-23)31-32-36-28(19-42-27-14-8-10-22-9-6-7-13-26(22)27)38-39(32)20-35-33(31)43-34(29)40(37-21)24-11-4-3-5-12-24/h3-18,20,30H,19H2,1-2H3/t30-/m0/s1. The van der Waals surface area contributed by atoms with Crippen molar-refractivity contribution in [2.24, 2.45) is 0 Å². The van der Waals surface area contributed by atoms with Gasteiger partial charge < -0.3 is 14.2 Å². The molecular weight excluding hydrogens is 540 g/mol. The Kier molecular flexibility index (Phi) is 5.82. The quantitative estimate of drug-likeness (QED) is 0.223. The number of fused-ring (bicyclic) bond motifs is 5. The number of aromatic nitrogens is 6. The van der Waals surface area contributed by atoms with Crippen molar-refractivity contribution in [3.8, 4) is 28.9 Å². The van der Waals surface area contributed by atoms with Gasteiger partial charge in [-0.15, -0.1) is 5.10 Å². The first-order valence-corrected chi connectivity index (χ1v) is 14.0. The van der Waals surface area contributed by atoms with Gasteiger partial charge in [0, 0.05) is 5.39 Å². The topological polar surface area (TPSA) is 88.6 Å². The van der Waals surface area contributed by atoms with Crippen LogP contribution in [0.3, 0.4) is 0 Å². The maximum atomic E-state index is 6.53. The first kappa shape index (κ1) is 25.0. The number of methoxy groups -OCH3 is 1. The van der Waals surface area contributed by atoms with E-state index in [2.05, 4.69) is 24.3 Å². The fourth-order valence-electron chi connectivity index (χ4n) is 5.82. The van der Waals surface area contributed by atoms with E-state index in [0.29, 0.717) is 23.2 Å². The summed E-state index contributed by atoms with van der Waals surface area (Å²) >= 11 is 0. The Morgan fingerprint density at radius 2 is 1.63 bits per heavy atom. The molecule has 0 aliphatic carbocycles. The summed E-state index contributed by atoms with van der Waals surface area (Å²) < 4.78 is 21.7. The number of rotatable bonds is 6. The highest BCUT2D eigenvalue weighted by Gasteiger charge is 2.38. The van der Waals surface area contributed by atoms with Crippen LogP contribution in [0.15, 0.2) is 103 Å². The van der Waals surface area contributed by atoms with Crippen LogP contribution in [0.2, 0.25) is 0 Å². The first-order chi connectivity index (χ1) is 21.2. The van der Waals surface area contributed by atoms with Crippen LogP contribution < -0.4 is 14.2 Å². The molecule has 9 heteroatoms. The highest BCUT2D eigenvalue weighted by atomic mass is 16.5. The van der Waals surface area contributed by atoms with E-state index in [1.165, 1.54) is 0 Å². The summed E-state index contributed by atoms with van der Waals surface area (Å²) in [5.41, 5.74) is 5.22. The molecule has 0 unspecified atom stereocenters. The van der Waals surface area contributed by atoms with Gasteiger partial charge in [-0.05, 0) is 48.2 Å². The number of para-hydroxylation sites is 1. The summed E-state index contributed by atoms with van der Waals surface area (Å²) in [6, 6.07) is 32.2. The van der Waals surface area contributed by atoms with E-state index >= 15 is 0 Å². The van der Waals surface area contributed by atoms with Gasteiger partial charge in [0.15, 0.2) is 11.5 Å². The molecule has 210 valence electrons. The molecule has 4 heterocycles. The molecule has 9 nitrogen and oxygen atoms in total. The molecule has 7 aromatic rings. The third-order valence-corrected chi connectivity index (χ3v) is 7.82. The number of benzene rings is 4. The third-order valence-electron chi connectivity index (χ3n) is 7.82. The third kappa shape index (κ3) is 4.16. The van der Waals surface area contributed by atoms with Gasteiger partial charge in [0.2, 0.25) is 11.8 Å². The molecule has 4 aromatic carbocycles. The molecule has 0 spiro atoms. The number of aryl methyl sites for hydroxylation is 1. The lowest BCUT2D eigenvalue weighted by atomic mass is 9.84. The molecule has 0 amide bonds. The van der Waals surface area contributed by atoms with Crippen LogP contribution in [0.4, 0.5) is 0 Å². The van der Waals surface area contributed by atoms with E-state index in [4.69, 9.17) is 34.4 Å². The van der Waals surface area contributed by atoms with Crippen molar-refractivity contribution >= 4 is 16.4 Å². The van der Waals surface area contributed by atoms with Crippen molar-refractivity contribution in [2.45, 2.75) is 19.4 Å². The minimum atomic E-state index is -0.255. The predicted molar refractivity (Wildman–Crippen MR) is 161 cm³/mol. The summed E-state index contributed by atoms with van der Waals surface area (Å²) in [5.74, 6) is 2.94. The lowest BCUT2D eigenvalue weighted by molar-refractivity contribution is 0.299. The highest BCUT2D eigenvalue weighted by molar-refractivity contribution is 5.88. The predicted octanol–water partition coefficient (Wildman–Crippen LogP) is 6.65. The summed E-state index contributed by atoms with van der Waals surface area (Å²) in [6.45, 7) is 2.21. The Hall–Kier alpha value is -5.70. The molecule has 1 aliphatic rings. The van der Waals surface area contributed by atoms with Crippen molar-refractivity contribution in [2.75, 3.05) is 7.11 Å². The normalized spacial score (nSPS) is 13.9. The van der Waals surface area contributed by atoms with Crippen LogP contribution in [0.1, 0.15) is 34.1 Å². The molecular formula is C34H26N6O3. The number of hydrogen-bond donors (Lipinski definition) is 0. The van der Waals surface area contributed by atoms with Gasteiger partial charge in [0.25, 0.3) is 0 Å². The Balaban J connectivity index is 1.25. The van der Waals surface area contributed by atoms with Gasteiger partial charge in [-0.3, -0.25) is 0 Å². The van der Waals surface area contributed by atoms with E-state index in [9.17, 15) is 0 Å². The van der Waals surface area contributed by atoms with Gasteiger partial charge >= 0.3 is 0 Å². The number of nitrogens with zero attached hydrogens (tertiary/aromatic N) is 6. The number of ether oxygens (including phenoxy) is 3. The molecule has 3 aromatic heterocycles. The van der Waals surface area contributed by atoms with Gasteiger partial charge in [0.05, 0.1) is 35.5 Å². The molecule has 8 rings (SSSR count). The van der Waals surface area contributed by atoms with Crippen LogP contribution >= 0.6 is 0 Å². The van der Waals surface area contributed by atoms with E-state index in [1.54, 1.807) is 18.0 Å². The minimum Gasteiger partial charge on any atom is -0.497 e. The zero-order valence-corrected chi connectivity index (χ0v) is 23.5. The van der Waals surface area contributed by atoms with Gasteiger partial charge in [-0.1, -0.05) is 66.7 Å². The molecule has 0 bridgehead atoms. The monoisotopic (exact) mass is 566 g/mol. The average molecular weight is 567 g/mol. The summed E-state index contributed by atoms with van der Waals surface area (Å²) in [4.78, 5) is 9.66. The Bertz CT molecular complexity index is 2110. The molecule has 0 saturated carbocycles. The van der Waals surface area contributed by atoms with Gasteiger partial charge in [0.1, 0.15) is 24.4 Å². The van der Waals surface area contributed by atoms with Crippen molar-refractivity contribution in [3.63, 3.8) is 0 Å². The summed E-state index contributed by atoms with van der Waals surface area (Å²) in [5, 5.41) is 11.8. The van der Waals surface area contributed by atoms with E-state index in [-0.39, 0.29) is 12.5 Å². The molecule has 1 atom stereocenters. The Morgan fingerprint density at radius 3 is 2.47 bits per heavy atom. The fourth-order valence-corrected chi connectivity index (χ4v) is 5.82. The van der Waals surface area contributed by atoms with Crippen LogP contribution in [0.25, 0.3) is 22.1 Å². The Morgan fingerprint density at radius 1 is 0.837 bits per heavy atom. The smallest absolute Gasteiger partial charge is 0.230 e. The van der Waals surface area contributed by atoms with Gasteiger partial charge in [-0.25, -0.2) is 19.2 Å². The maximum Gasteiger partial charge on any atom is 0.230 e. The van der Waals surface area contributed by atoms with Crippen molar-refractivity contribution in [1.29, 1.82) is 0 Å². The number of hydrogen-bond acceptors (Lipinski definition) is 7. The zero-order valence-electron chi connectivity index (χ0n) is 23.5. The van der Waals surface area contributed by atoms with E-state index < -0.39 is 0 Å². The van der Waals surface area contributed by atoms with Crippen molar-refractivity contribution in [1.82, 2.24) is 29.4 Å². The van der Waals surface area contributed by atoms with E-state index in [1.807, 2.05) is 84.4 Å².